The Morgan fingerprint density at radius 2 is 0.885 bits per heavy atom. The SMILES string of the molecule is C=C1/C=C\C=C/CN(c2cccc3ccccc23)c2ccc(-c3ccc(N(c4ccccc4)c4ccc(-c5ccc6c7ccccc7c7ccccc7c6c5)cc4)cc3)cc21. The van der Waals surface area contributed by atoms with Crippen LogP contribution in [0.3, 0.4) is 0 Å². The zero-order chi connectivity index (χ0) is 40.7. The van der Waals surface area contributed by atoms with Gasteiger partial charge in [0.05, 0.1) is 0 Å². The van der Waals surface area contributed by atoms with Gasteiger partial charge in [0.15, 0.2) is 0 Å². The molecule has 0 radical (unpaired) electrons. The van der Waals surface area contributed by atoms with Crippen LogP contribution in [0.25, 0.3) is 70.9 Å². The van der Waals surface area contributed by atoms with Crippen molar-refractivity contribution in [3.8, 4) is 22.3 Å². The van der Waals surface area contributed by atoms with Crippen LogP contribution in [0.5, 0.6) is 0 Å². The van der Waals surface area contributed by atoms with Crippen LogP contribution in [0.15, 0.2) is 237 Å². The average Bonchev–Trinajstić information content (AvgIpc) is 3.41. The molecule has 0 fully saturated rings. The van der Waals surface area contributed by atoms with Gasteiger partial charge in [0.2, 0.25) is 0 Å². The molecule has 0 atom stereocenters. The number of fused-ring (bicyclic) bond motifs is 8. The van der Waals surface area contributed by atoms with E-state index in [0.29, 0.717) is 0 Å². The Morgan fingerprint density at radius 1 is 0.377 bits per heavy atom. The predicted octanol–water partition coefficient (Wildman–Crippen LogP) is 16.4. The van der Waals surface area contributed by atoms with E-state index in [0.717, 1.165) is 51.6 Å². The molecule has 61 heavy (non-hydrogen) atoms. The molecule has 1 aliphatic rings. The van der Waals surface area contributed by atoms with Crippen molar-refractivity contribution in [1.29, 1.82) is 0 Å². The number of hydrogen-bond donors (Lipinski definition) is 0. The molecule has 0 N–H and O–H groups in total. The molecule has 1 heterocycles. The van der Waals surface area contributed by atoms with Gasteiger partial charge < -0.3 is 9.80 Å². The minimum Gasteiger partial charge on any atom is -0.337 e. The summed E-state index contributed by atoms with van der Waals surface area (Å²) >= 11 is 0. The molecule has 0 amide bonds. The Labute approximate surface area is 356 Å². The number of para-hydroxylation sites is 1. The van der Waals surface area contributed by atoms with Crippen LogP contribution in [-0.2, 0) is 0 Å². The van der Waals surface area contributed by atoms with Crippen LogP contribution in [0.4, 0.5) is 28.4 Å². The van der Waals surface area contributed by atoms with E-state index in [9.17, 15) is 0 Å². The first-order valence-corrected chi connectivity index (χ1v) is 21.0. The number of rotatable bonds is 6. The van der Waals surface area contributed by atoms with Crippen molar-refractivity contribution < 1.29 is 0 Å². The van der Waals surface area contributed by atoms with Gasteiger partial charge >= 0.3 is 0 Å². The second-order valence-electron chi connectivity index (χ2n) is 15.8. The molecule has 0 bridgehead atoms. The Kier molecular flexibility index (Phi) is 9.09. The summed E-state index contributed by atoms with van der Waals surface area (Å²) in [5.41, 5.74) is 12.4. The Morgan fingerprint density at radius 3 is 1.56 bits per heavy atom. The van der Waals surface area contributed by atoms with Crippen molar-refractivity contribution >= 4 is 77.1 Å². The van der Waals surface area contributed by atoms with Gasteiger partial charge in [-0.2, -0.15) is 0 Å². The lowest BCUT2D eigenvalue weighted by Gasteiger charge is -2.28. The summed E-state index contributed by atoms with van der Waals surface area (Å²) in [4.78, 5) is 4.74. The van der Waals surface area contributed by atoms with Crippen LogP contribution >= 0.6 is 0 Å². The smallest absolute Gasteiger partial charge is 0.0493 e. The molecule has 10 aromatic rings. The van der Waals surface area contributed by atoms with E-state index in [4.69, 9.17) is 0 Å². The predicted molar refractivity (Wildman–Crippen MR) is 263 cm³/mol. The highest BCUT2D eigenvalue weighted by molar-refractivity contribution is 6.25. The first kappa shape index (κ1) is 36.2. The number of allylic oxidation sites excluding steroid dienone is 4. The first-order valence-electron chi connectivity index (χ1n) is 21.0. The maximum Gasteiger partial charge on any atom is 0.0493 e. The van der Waals surface area contributed by atoms with Crippen molar-refractivity contribution in [2.45, 2.75) is 0 Å². The lowest BCUT2D eigenvalue weighted by atomic mass is 9.92. The summed E-state index contributed by atoms with van der Waals surface area (Å²) < 4.78 is 0. The van der Waals surface area contributed by atoms with E-state index in [1.54, 1.807) is 0 Å². The van der Waals surface area contributed by atoms with Gasteiger partial charge in [0, 0.05) is 45.9 Å². The minimum atomic E-state index is 0.750. The third-order valence-corrected chi connectivity index (χ3v) is 12.2. The van der Waals surface area contributed by atoms with Gasteiger partial charge in [-0.3, -0.25) is 0 Å². The number of anilines is 5. The molecule has 10 aromatic carbocycles. The summed E-state index contributed by atoms with van der Waals surface area (Å²) in [5, 5.41) is 10.2. The molecule has 0 unspecified atom stereocenters. The van der Waals surface area contributed by atoms with Gasteiger partial charge in [-0.25, -0.2) is 0 Å². The largest absolute Gasteiger partial charge is 0.337 e. The Balaban J connectivity index is 0.938. The van der Waals surface area contributed by atoms with Crippen molar-refractivity contribution in [2.24, 2.45) is 0 Å². The molecule has 1 aliphatic heterocycles. The van der Waals surface area contributed by atoms with E-state index in [2.05, 4.69) is 247 Å². The summed E-state index contributed by atoms with van der Waals surface area (Å²) in [6, 6.07) is 75.0. The van der Waals surface area contributed by atoms with Crippen LogP contribution in [-0.4, -0.2) is 6.54 Å². The topological polar surface area (TPSA) is 6.48 Å². The highest BCUT2D eigenvalue weighted by atomic mass is 15.1. The van der Waals surface area contributed by atoms with Crippen LogP contribution < -0.4 is 9.80 Å². The fourth-order valence-electron chi connectivity index (χ4n) is 9.20. The lowest BCUT2D eigenvalue weighted by Crippen LogP contribution is -2.18. The van der Waals surface area contributed by atoms with E-state index in [1.807, 2.05) is 0 Å². The standard InChI is InChI=1S/C59H42N2/c1-41-15-4-3-13-38-60(58-25-14-17-44-16-7-8-20-50(44)58)59-37-31-46(39-56(41)59)43-28-34-49(35-29-43)61(47-18-5-2-6-19-47)48-32-26-42(27-33-48)45-30-36-55-53-23-10-9-21-51(53)52-22-11-12-24-54(52)57(55)40-45/h2-37,39-40H,1,38H2/b13-3-,15-4-. The second kappa shape index (κ2) is 15.3. The molecule has 11 rings (SSSR count). The second-order valence-corrected chi connectivity index (χ2v) is 15.8. The quantitative estimate of drug-likeness (QED) is 0.155. The van der Waals surface area contributed by atoms with E-state index >= 15 is 0 Å². The zero-order valence-electron chi connectivity index (χ0n) is 33.7. The van der Waals surface area contributed by atoms with Crippen molar-refractivity contribution in [1.82, 2.24) is 0 Å². The molecular weight excluding hydrogens is 737 g/mol. The van der Waals surface area contributed by atoms with Crippen LogP contribution in [0, 0.1) is 0 Å². The number of benzene rings is 10. The van der Waals surface area contributed by atoms with Crippen LogP contribution in [0.2, 0.25) is 0 Å². The summed E-state index contributed by atoms with van der Waals surface area (Å²) in [5.74, 6) is 0. The number of nitrogens with zero attached hydrogens (tertiary/aromatic N) is 2. The summed E-state index contributed by atoms with van der Waals surface area (Å²) in [6.45, 7) is 5.29. The van der Waals surface area contributed by atoms with Crippen molar-refractivity contribution in [3.63, 3.8) is 0 Å². The highest BCUT2D eigenvalue weighted by Gasteiger charge is 2.19. The number of hydrogen-bond acceptors (Lipinski definition) is 2. The fourth-order valence-corrected chi connectivity index (χ4v) is 9.20. The molecule has 0 saturated carbocycles. The normalized spacial score (nSPS) is 13.8. The van der Waals surface area contributed by atoms with E-state index in [-0.39, 0.29) is 0 Å². The Hall–Kier alpha value is -7.94. The maximum absolute atomic E-state index is 4.54. The highest BCUT2D eigenvalue weighted by Crippen LogP contribution is 2.42. The Bertz CT molecular complexity index is 3300. The monoisotopic (exact) mass is 778 g/mol. The van der Waals surface area contributed by atoms with E-state index < -0.39 is 0 Å². The molecule has 0 aromatic heterocycles. The minimum absolute atomic E-state index is 0.750. The third-order valence-electron chi connectivity index (χ3n) is 12.2. The van der Waals surface area contributed by atoms with Gasteiger partial charge in [-0.1, -0.05) is 176 Å². The summed E-state index contributed by atoms with van der Waals surface area (Å²) in [7, 11) is 0. The van der Waals surface area contributed by atoms with Crippen molar-refractivity contribution in [2.75, 3.05) is 16.3 Å². The molecule has 0 spiro atoms. The first-order chi connectivity index (χ1) is 30.2. The van der Waals surface area contributed by atoms with Gasteiger partial charge in [-0.05, 0) is 126 Å². The fraction of sp³-hybridized carbons (Fsp3) is 0.0169. The van der Waals surface area contributed by atoms with E-state index in [1.165, 1.54) is 59.9 Å². The molecule has 2 nitrogen and oxygen atoms in total. The molecule has 2 heteroatoms. The maximum atomic E-state index is 4.54. The zero-order valence-corrected chi connectivity index (χ0v) is 33.7. The average molecular weight is 779 g/mol. The van der Waals surface area contributed by atoms with Gasteiger partial charge in [0.25, 0.3) is 0 Å². The third kappa shape index (κ3) is 6.56. The van der Waals surface area contributed by atoms with Gasteiger partial charge in [-0.15, -0.1) is 0 Å². The molecule has 288 valence electrons. The van der Waals surface area contributed by atoms with Crippen molar-refractivity contribution in [3.05, 3.63) is 243 Å². The van der Waals surface area contributed by atoms with Gasteiger partial charge in [0.1, 0.15) is 0 Å². The lowest BCUT2D eigenvalue weighted by molar-refractivity contribution is 1.10. The molecule has 0 aliphatic carbocycles. The van der Waals surface area contributed by atoms with Crippen LogP contribution in [0.1, 0.15) is 5.56 Å². The summed E-state index contributed by atoms with van der Waals surface area (Å²) in [6.07, 6.45) is 8.54. The molecule has 0 saturated heterocycles. The molecular formula is C59H42N2.